The minimum absolute atomic E-state index is 0.243. The summed E-state index contributed by atoms with van der Waals surface area (Å²) in [6.07, 6.45) is 1.46. The Labute approximate surface area is 226 Å². The van der Waals surface area contributed by atoms with Crippen LogP contribution in [0.1, 0.15) is 42.1 Å². The Bertz CT molecular complexity index is 1540. The van der Waals surface area contributed by atoms with Crippen LogP contribution in [0, 0.1) is 19.7 Å². The van der Waals surface area contributed by atoms with E-state index >= 15 is 0 Å². The second kappa shape index (κ2) is 11.0. The smallest absolute Gasteiger partial charge is 0.255 e. The van der Waals surface area contributed by atoms with Crippen molar-refractivity contribution in [3.05, 3.63) is 106 Å². The quantitative estimate of drug-likeness (QED) is 0.295. The minimum Gasteiger partial charge on any atom is -0.490 e. The third-order valence-electron chi connectivity index (χ3n) is 6.56. The van der Waals surface area contributed by atoms with Gasteiger partial charge in [-0.15, -0.1) is 0 Å². The van der Waals surface area contributed by atoms with Gasteiger partial charge in [0.05, 0.1) is 12.2 Å². The number of fused-ring (bicyclic) bond motifs is 1. The van der Waals surface area contributed by atoms with Crippen molar-refractivity contribution >= 4 is 17.5 Å². The predicted molar refractivity (Wildman–Crippen MR) is 147 cm³/mol. The van der Waals surface area contributed by atoms with Crippen molar-refractivity contribution < 1.29 is 18.7 Å². The van der Waals surface area contributed by atoms with E-state index in [0.29, 0.717) is 35.3 Å². The zero-order chi connectivity index (χ0) is 27.5. The van der Waals surface area contributed by atoms with Crippen LogP contribution in [0.4, 0.5) is 16.0 Å². The molecule has 39 heavy (non-hydrogen) atoms. The van der Waals surface area contributed by atoms with Crippen LogP contribution in [0.5, 0.6) is 11.5 Å². The maximum atomic E-state index is 13.7. The van der Waals surface area contributed by atoms with E-state index in [0.717, 1.165) is 27.9 Å². The molecule has 2 N–H and O–H groups in total. The number of carbonyl (C=O) groups excluding carboxylic acids is 1. The van der Waals surface area contributed by atoms with Crippen molar-refractivity contribution in [2.24, 2.45) is 0 Å². The van der Waals surface area contributed by atoms with Crippen molar-refractivity contribution in [1.82, 2.24) is 14.8 Å². The van der Waals surface area contributed by atoms with Gasteiger partial charge in [-0.2, -0.15) is 10.1 Å². The first kappa shape index (κ1) is 26.0. The zero-order valence-corrected chi connectivity index (χ0v) is 22.3. The SMILES string of the molecule is CCOc1cc([C@H]2C(C(=O)Nc3ccc(C)cc3C)=C(C)Nc3ncnn32)ccc1OCc1ccc(F)cc1. The number of hydrogen-bond donors (Lipinski definition) is 2. The number of rotatable bonds is 8. The van der Waals surface area contributed by atoms with E-state index in [1.54, 1.807) is 16.8 Å². The molecular weight excluding hydrogens is 497 g/mol. The van der Waals surface area contributed by atoms with E-state index in [-0.39, 0.29) is 18.3 Å². The standard InChI is InChI=1S/C30H30FN5O3/c1-5-38-26-15-22(9-13-25(26)39-16-21-7-10-23(31)11-8-21)28-27(20(4)34-30-32-17-33-36(28)30)29(37)35-24-12-6-18(2)14-19(24)3/h6-15,17,28H,5,16H2,1-4H3,(H,35,37)(H,32,33,34)/t28-/m0/s1. The number of halogens is 1. The first-order chi connectivity index (χ1) is 18.8. The third kappa shape index (κ3) is 5.47. The molecule has 0 radical (unpaired) electrons. The number of aromatic nitrogens is 3. The van der Waals surface area contributed by atoms with Gasteiger partial charge in [0.2, 0.25) is 5.95 Å². The molecule has 4 aromatic rings. The Morgan fingerprint density at radius 3 is 2.56 bits per heavy atom. The fraction of sp³-hybridized carbons (Fsp3) is 0.233. The van der Waals surface area contributed by atoms with Crippen LogP contribution in [-0.2, 0) is 11.4 Å². The number of benzene rings is 3. The van der Waals surface area contributed by atoms with Gasteiger partial charge in [-0.1, -0.05) is 35.9 Å². The summed E-state index contributed by atoms with van der Waals surface area (Å²) in [6.45, 7) is 8.40. The molecule has 2 heterocycles. The van der Waals surface area contributed by atoms with Gasteiger partial charge in [0.25, 0.3) is 5.91 Å². The average molecular weight is 528 g/mol. The fourth-order valence-corrected chi connectivity index (χ4v) is 4.66. The van der Waals surface area contributed by atoms with E-state index in [4.69, 9.17) is 9.47 Å². The lowest BCUT2D eigenvalue weighted by atomic mass is 9.94. The molecule has 0 bridgehead atoms. The van der Waals surface area contributed by atoms with Crippen LogP contribution in [0.2, 0.25) is 0 Å². The van der Waals surface area contributed by atoms with Gasteiger partial charge in [-0.3, -0.25) is 4.79 Å². The van der Waals surface area contributed by atoms with Crippen LogP contribution in [0.25, 0.3) is 0 Å². The summed E-state index contributed by atoms with van der Waals surface area (Å²) in [7, 11) is 0. The molecule has 0 unspecified atom stereocenters. The molecule has 1 atom stereocenters. The van der Waals surface area contributed by atoms with Gasteiger partial charge in [-0.05, 0) is 74.7 Å². The molecule has 0 spiro atoms. The summed E-state index contributed by atoms with van der Waals surface area (Å²) in [5.41, 5.74) is 5.64. The third-order valence-corrected chi connectivity index (χ3v) is 6.56. The average Bonchev–Trinajstić information content (AvgIpc) is 3.38. The number of nitrogens with one attached hydrogen (secondary N) is 2. The largest absolute Gasteiger partial charge is 0.490 e. The number of ether oxygens (including phenoxy) is 2. The normalized spacial score (nSPS) is 14.4. The maximum Gasteiger partial charge on any atom is 0.255 e. The van der Waals surface area contributed by atoms with Gasteiger partial charge >= 0.3 is 0 Å². The van der Waals surface area contributed by atoms with E-state index in [1.807, 2.05) is 64.1 Å². The van der Waals surface area contributed by atoms with Gasteiger partial charge in [0.15, 0.2) is 11.5 Å². The number of allylic oxidation sites excluding steroid dienone is 1. The molecular formula is C30H30FN5O3. The van der Waals surface area contributed by atoms with Crippen LogP contribution in [0.15, 0.2) is 78.3 Å². The Morgan fingerprint density at radius 2 is 1.82 bits per heavy atom. The van der Waals surface area contributed by atoms with Crippen molar-refractivity contribution in [3.8, 4) is 11.5 Å². The lowest BCUT2D eigenvalue weighted by Crippen LogP contribution is -2.31. The molecule has 1 aromatic heterocycles. The van der Waals surface area contributed by atoms with E-state index in [1.165, 1.54) is 18.5 Å². The van der Waals surface area contributed by atoms with Crippen molar-refractivity contribution in [3.63, 3.8) is 0 Å². The van der Waals surface area contributed by atoms with E-state index in [9.17, 15) is 9.18 Å². The van der Waals surface area contributed by atoms with Gasteiger partial charge in [0.1, 0.15) is 24.8 Å². The summed E-state index contributed by atoms with van der Waals surface area (Å²) < 4.78 is 26.9. The van der Waals surface area contributed by atoms with Crippen molar-refractivity contribution in [2.45, 2.75) is 40.3 Å². The number of hydrogen-bond acceptors (Lipinski definition) is 6. The lowest BCUT2D eigenvalue weighted by molar-refractivity contribution is -0.113. The number of carbonyl (C=O) groups is 1. The Balaban J connectivity index is 1.49. The number of amides is 1. The molecule has 1 aliphatic rings. The molecule has 200 valence electrons. The number of nitrogens with zero attached hydrogens (tertiary/aromatic N) is 3. The van der Waals surface area contributed by atoms with Crippen molar-refractivity contribution in [2.75, 3.05) is 17.2 Å². The lowest BCUT2D eigenvalue weighted by Gasteiger charge is -2.29. The van der Waals surface area contributed by atoms with E-state index < -0.39 is 6.04 Å². The second-order valence-corrected chi connectivity index (χ2v) is 9.42. The van der Waals surface area contributed by atoms with Crippen LogP contribution in [0.3, 0.4) is 0 Å². The Morgan fingerprint density at radius 1 is 1.03 bits per heavy atom. The van der Waals surface area contributed by atoms with Crippen LogP contribution < -0.4 is 20.1 Å². The molecule has 5 rings (SSSR count). The minimum atomic E-state index is -0.556. The highest BCUT2D eigenvalue weighted by atomic mass is 19.1. The summed E-state index contributed by atoms with van der Waals surface area (Å²) in [4.78, 5) is 18.1. The summed E-state index contributed by atoms with van der Waals surface area (Å²) in [5.74, 6) is 1.07. The highest BCUT2D eigenvalue weighted by Crippen LogP contribution is 2.39. The summed E-state index contributed by atoms with van der Waals surface area (Å²) in [5, 5.41) is 10.7. The van der Waals surface area contributed by atoms with Gasteiger partial charge < -0.3 is 20.1 Å². The Hall–Kier alpha value is -4.66. The molecule has 1 aliphatic heterocycles. The molecule has 0 saturated heterocycles. The Kier molecular flexibility index (Phi) is 7.31. The van der Waals surface area contributed by atoms with Crippen LogP contribution in [-0.4, -0.2) is 27.3 Å². The number of anilines is 2. The molecule has 8 nitrogen and oxygen atoms in total. The molecule has 0 fully saturated rings. The van der Waals surface area contributed by atoms with Gasteiger partial charge in [0, 0.05) is 11.4 Å². The predicted octanol–water partition coefficient (Wildman–Crippen LogP) is 5.94. The summed E-state index contributed by atoms with van der Waals surface area (Å²) in [6, 6.07) is 17.1. The topological polar surface area (TPSA) is 90.3 Å². The van der Waals surface area contributed by atoms with E-state index in [2.05, 4.69) is 20.7 Å². The van der Waals surface area contributed by atoms with Crippen LogP contribution >= 0.6 is 0 Å². The molecule has 0 aliphatic carbocycles. The first-order valence-electron chi connectivity index (χ1n) is 12.7. The fourth-order valence-electron chi connectivity index (χ4n) is 4.66. The highest BCUT2D eigenvalue weighted by molar-refractivity contribution is 6.06. The number of aryl methyl sites for hydroxylation is 2. The zero-order valence-electron chi connectivity index (χ0n) is 22.3. The molecule has 3 aromatic carbocycles. The second-order valence-electron chi connectivity index (χ2n) is 9.42. The van der Waals surface area contributed by atoms with Gasteiger partial charge in [-0.25, -0.2) is 9.07 Å². The molecule has 9 heteroatoms. The molecule has 0 saturated carbocycles. The highest BCUT2D eigenvalue weighted by Gasteiger charge is 2.34. The summed E-state index contributed by atoms with van der Waals surface area (Å²) >= 11 is 0. The first-order valence-corrected chi connectivity index (χ1v) is 12.7. The molecule has 1 amide bonds. The van der Waals surface area contributed by atoms with Crippen molar-refractivity contribution in [1.29, 1.82) is 0 Å². The maximum absolute atomic E-state index is 13.7. The monoisotopic (exact) mass is 527 g/mol.